The lowest BCUT2D eigenvalue weighted by Crippen LogP contribution is -1.69. The van der Waals surface area contributed by atoms with Crippen molar-refractivity contribution in [2.24, 2.45) is 0 Å². The highest BCUT2D eigenvalue weighted by atomic mass is 32.1. The van der Waals surface area contributed by atoms with Crippen molar-refractivity contribution in [2.75, 3.05) is 0 Å². The van der Waals surface area contributed by atoms with Gasteiger partial charge in [-0.05, 0) is 24.4 Å². The lowest BCUT2D eigenvalue weighted by Gasteiger charge is -1.84. The molecule has 0 aromatic carbocycles. The number of aromatic nitrogens is 1. The summed E-state index contributed by atoms with van der Waals surface area (Å²) in [5, 5.41) is 0. The summed E-state index contributed by atoms with van der Waals surface area (Å²) in [5.41, 5.74) is 0.764. The molecule has 0 bridgehead atoms. The molecule has 3 nitrogen and oxygen atoms in total. The first-order valence-electron chi connectivity index (χ1n) is 3.08. The monoisotopic (exact) mass is 167 g/mol. The van der Waals surface area contributed by atoms with Gasteiger partial charge in [0.2, 0.25) is 0 Å². The van der Waals surface area contributed by atoms with E-state index in [-0.39, 0.29) is 0 Å². The Morgan fingerprint density at radius 1 is 1.36 bits per heavy atom. The minimum Gasteiger partial charge on any atom is -0.463 e. The largest absolute Gasteiger partial charge is 0.463 e. The van der Waals surface area contributed by atoms with Crippen LogP contribution in [-0.4, -0.2) is 4.98 Å². The van der Waals surface area contributed by atoms with Crippen molar-refractivity contribution in [1.82, 2.24) is 4.98 Å². The third-order valence-corrected chi connectivity index (χ3v) is 1.51. The normalized spacial score (nSPS) is 10.2. The van der Waals surface area contributed by atoms with Crippen LogP contribution in [0.1, 0.15) is 0 Å². The van der Waals surface area contributed by atoms with Crippen molar-refractivity contribution in [3.05, 3.63) is 29.5 Å². The summed E-state index contributed by atoms with van der Waals surface area (Å²) in [6, 6.07) is 3.63. The van der Waals surface area contributed by atoms with Crippen molar-refractivity contribution < 1.29 is 8.83 Å². The van der Waals surface area contributed by atoms with Gasteiger partial charge in [0.25, 0.3) is 4.84 Å². The Balaban J connectivity index is 2.53. The van der Waals surface area contributed by atoms with E-state index < -0.39 is 0 Å². The van der Waals surface area contributed by atoms with E-state index in [1.165, 1.54) is 6.26 Å². The quantitative estimate of drug-likeness (QED) is 0.664. The smallest absolute Gasteiger partial charge is 0.266 e. The van der Waals surface area contributed by atoms with Crippen LogP contribution in [0.3, 0.4) is 0 Å². The number of aromatic amines is 1. The number of hydrogen-bond acceptors (Lipinski definition) is 3. The van der Waals surface area contributed by atoms with Crippen molar-refractivity contribution in [2.45, 2.75) is 0 Å². The van der Waals surface area contributed by atoms with Crippen LogP contribution in [0.15, 0.2) is 33.5 Å². The zero-order valence-corrected chi connectivity index (χ0v) is 6.35. The summed E-state index contributed by atoms with van der Waals surface area (Å²) in [5.74, 6) is 0.727. The van der Waals surface area contributed by atoms with Crippen molar-refractivity contribution in [3.8, 4) is 11.5 Å². The van der Waals surface area contributed by atoms with Gasteiger partial charge in [-0.2, -0.15) is 0 Å². The molecule has 0 atom stereocenters. The zero-order chi connectivity index (χ0) is 7.68. The lowest BCUT2D eigenvalue weighted by molar-refractivity contribution is 0.539. The molecule has 0 radical (unpaired) electrons. The average molecular weight is 167 g/mol. The first-order chi connectivity index (χ1) is 5.36. The van der Waals surface area contributed by atoms with E-state index in [1.807, 2.05) is 6.07 Å². The van der Waals surface area contributed by atoms with E-state index in [1.54, 1.807) is 12.3 Å². The molecule has 4 heteroatoms. The SMILES string of the molecule is S=c1[nH]c(-c2ccco2)co1. The molecule has 2 rings (SSSR count). The molecule has 0 aliphatic rings. The second kappa shape index (κ2) is 2.39. The molecule has 2 heterocycles. The number of furan rings is 1. The highest BCUT2D eigenvalue weighted by molar-refractivity contribution is 7.71. The lowest BCUT2D eigenvalue weighted by atomic mass is 10.4. The Kier molecular flexibility index (Phi) is 1.40. The summed E-state index contributed by atoms with van der Waals surface area (Å²) >= 11 is 4.74. The zero-order valence-electron chi connectivity index (χ0n) is 5.53. The molecular formula is C7H5NO2S. The molecule has 0 aliphatic heterocycles. The molecule has 56 valence electrons. The second-order valence-electron chi connectivity index (χ2n) is 2.04. The molecule has 2 aromatic rings. The van der Waals surface area contributed by atoms with Gasteiger partial charge in [-0.25, -0.2) is 0 Å². The van der Waals surface area contributed by atoms with Crippen LogP contribution < -0.4 is 0 Å². The standard InChI is InChI=1S/C7H5NO2S/c11-7-8-5(4-10-7)6-2-1-3-9-6/h1-4H,(H,8,11). The highest BCUT2D eigenvalue weighted by Crippen LogP contribution is 2.16. The van der Waals surface area contributed by atoms with E-state index in [9.17, 15) is 0 Å². The Morgan fingerprint density at radius 3 is 2.82 bits per heavy atom. The minimum absolute atomic E-state index is 0.358. The topological polar surface area (TPSA) is 42.1 Å². The van der Waals surface area contributed by atoms with Gasteiger partial charge >= 0.3 is 0 Å². The van der Waals surface area contributed by atoms with Crippen molar-refractivity contribution >= 4 is 12.2 Å². The molecule has 0 saturated carbocycles. The summed E-state index contributed by atoms with van der Waals surface area (Å²) in [4.78, 5) is 3.19. The molecule has 0 saturated heterocycles. The van der Waals surface area contributed by atoms with Crippen LogP contribution in [0.4, 0.5) is 0 Å². The van der Waals surface area contributed by atoms with Crippen molar-refractivity contribution in [1.29, 1.82) is 0 Å². The molecule has 0 unspecified atom stereocenters. The third-order valence-electron chi connectivity index (χ3n) is 1.31. The molecule has 0 amide bonds. The Labute approximate surface area is 67.7 Å². The number of oxazole rings is 1. The maximum Gasteiger partial charge on any atom is 0.266 e. The van der Waals surface area contributed by atoms with Gasteiger partial charge < -0.3 is 13.8 Å². The Morgan fingerprint density at radius 2 is 2.27 bits per heavy atom. The van der Waals surface area contributed by atoms with E-state index >= 15 is 0 Å². The van der Waals surface area contributed by atoms with E-state index in [0.29, 0.717) is 4.84 Å². The molecule has 1 N–H and O–H groups in total. The number of hydrogen-bond donors (Lipinski definition) is 1. The van der Waals surface area contributed by atoms with Gasteiger partial charge in [-0.15, -0.1) is 0 Å². The molecule has 0 fully saturated rings. The van der Waals surface area contributed by atoms with E-state index in [4.69, 9.17) is 21.1 Å². The first kappa shape index (κ1) is 6.42. The van der Waals surface area contributed by atoms with Crippen LogP contribution in [-0.2, 0) is 0 Å². The minimum atomic E-state index is 0.358. The van der Waals surface area contributed by atoms with Gasteiger partial charge in [-0.3, -0.25) is 0 Å². The summed E-state index contributed by atoms with van der Waals surface area (Å²) in [7, 11) is 0. The van der Waals surface area contributed by atoms with E-state index in [0.717, 1.165) is 11.5 Å². The van der Waals surface area contributed by atoms with Crippen LogP contribution in [0.2, 0.25) is 0 Å². The number of H-pyrrole nitrogens is 1. The molecule has 0 spiro atoms. The first-order valence-corrected chi connectivity index (χ1v) is 3.49. The van der Waals surface area contributed by atoms with Gasteiger partial charge in [0, 0.05) is 0 Å². The molecule has 11 heavy (non-hydrogen) atoms. The van der Waals surface area contributed by atoms with Gasteiger partial charge in [0.05, 0.1) is 6.26 Å². The number of rotatable bonds is 1. The Bertz CT molecular complexity index is 384. The summed E-state index contributed by atoms with van der Waals surface area (Å²) in [6.45, 7) is 0. The van der Waals surface area contributed by atoms with Gasteiger partial charge in [-0.1, -0.05) is 0 Å². The fraction of sp³-hybridized carbons (Fsp3) is 0. The fourth-order valence-electron chi connectivity index (χ4n) is 0.833. The third kappa shape index (κ3) is 1.12. The maximum atomic E-state index is 5.10. The number of nitrogens with one attached hydrogen (secondary N) is 1. The fourth-order valence-corrected chi connectivity index (χ4v) is 0.991. The maximum absolute atomic E-state index is 5.10. The van der Waals surface area contributed by atoms with Crippen LogP contribution in [0.25, 0.3) is 11.5 Å². The average Bonchev–Trinajstić information content (AvgIpc) is 2.55. The van der Waals surface area contributed by atoms with Crippen LogP contribution >= 0.6 is 12.2 Å². The molecular weight excluding hydrogens is 162 g/mol. The highest BCUT2D eigenvalue weighted by Gasteiger charge is 2.01. The summed E-state index contributed by atoms with van der Waals surface area (Å²) in [6.07, 6.45) is 3.13. The predicted octanol–water partition coefficient (Wildman–Crippen LogP) is 2.60. The van der Waals surface area contributed by atoms with Crippen LogP contribution in [0.5, 0.6) is 0 Å². The molecule has 2 aromatic heterocycles. The second-order valence-corrected chi connectivity index (χ2v) is 2.41. The molecule has 0 aliphatic carbocycles. The Hall–Kier alpha value is -1.29. The van der Waals surface area contributed by atoms with Crippen molar-refractivity contribution in [3.63, 3.8) is 0 Å². The van der Waals surface area contributed by atoms with Gasteiger partial charge in [0.1, 0.15) is 12.0 Å². The predicted molar refractivity (Wildman–Crippen MR) is 41.6 cm³/mol. The van der Waals surface area contributed by atoms with E-state index in [2.05, 4.69) is 4.98 Å². The summed E-state index contributed by atoms with van der Waals surface area (Å²) < 4.78 is 9.98. The van der Waals surface area contributed by atoms with Gasteiger partial charge in [0.15, 0.2) is 5.76 Å². The van der Waals surface area contributed by atoms with Crippen LogP contribution in [0, 0.1) is 4.84 Å².